The molecule has 0 bridgehead atoms. The van der Waals surface area contributed by atoms with Crippen molar-refractivity contribution in [3.05, 3.63) is 40.9 Å². The number of hydrogen-bond donors (Lipinski definition) is 2. The molecule has 82 valence electrons. The number of benzene rings is 1. The molecular weight excluding hydrogens is 222 g/mol. The van der Waals surface area contributed by atoms with Gasteiger partial charge in [-0.3, -0.25) is 10.2 Å². The molecule has 2 rings (SSSR count). The minimum Gasteiger partial charge on any atom is -0.289 e. The fourth-order valence-corrected chi connectivity index (χ4v) is 2.10. The van der Waals surface area contributed by atoms with E-state index in [1.807, 2.05) is 31.2 Å². The summed E-state index contributed by atoms with van der Waals surface area (Å²) in [6.07, 6.45) is 1.53. The Bertz CT molecular complexity index is 504. The molecule has 0 atom stereocenters. The maximum Gasteiger partial charge on any atom is 0.276 e. The van der Waals surface area contributed by atoms with Crippen LogP contribution in [0.5, 0.6) is 0 Å². The van der Waals surface area contributed by atoms with E-state index in [-0.39, 0.29) is 5.91 Å². The smallest absolute Gasteiger partial charge is 0.276 e. The van der Waals surface area contributed by atoms with Crippen molar-refractivity contribution in [2.24, 2.45) is 5.84 Å². The molecule has 0 aliphatic rings. The van der Waals surface area contributed by atoms with Crippen LogP contribution in [0.4, 0.5) is 0 Å². The van der Waals surface area contributed by atoms with Crippen molar-refractivity contribution in [3.8, 4) is 10.6 Å². The van der Waals surface area contributed by atoms with Gasteiger partial charge in [0.25, 0.3) is 5.91 Å². The molecule has 3 N–H and O–H groups in total. The van der Waals surface area contributed by atoms with E-state index in [9.17, 15) is 4.79 Å². The molecule has 0 saturated carbocycles. The summed E-state index contributed by atoms with van der Waals surface area (Å²) in [5, 5.41) is 0.818. The summed E-state index contributed by atoms with van der Waals surface area (Å²) in [7, 11) is 0. The van der Waals surface area contributed by atoms with Crippen molar-refractivity contribution in [3.63, 3.8) is 0 Å². The number of carbonyl (C=O) groups is 1. The van der Waals surface area contributed by atoms with E-state index >= 15 is 0 Å². The van der Waals surface area contributed by atoms with Gasteiger partial charge in [-0.25, -0.2) is 10.8 Å². The number of aryl methyl sites for hydroxylation is 1. The third-order valence-corrected chi connectivity index (χ3v) is 3.20. The molecule has 2 aromatic rings. The lowest BCUT2D eigenvalue weighted by Crippen LogP contribution is -2.29. The predicted octanol–water partition coefficient (Wildman–Crippen LogP) is 1.72. The van der Waals surface area contributed by atoms with Crippen molar-refractivity contribution >= 4 is 17.2 Å². The van der Waals surface area contributed by atoms with E-state index in [2.05, 4.69) is 10.4 Å². The van der Waals surface area contributed by atoms with Gasteiger partial charge in [0.15, 0.2) is 0 Å². The highest BCUT2D eigenvalue weighted by Crippen LogP contribution is 2.25. The average molecular weight is 233 g/mol. The van der Waals surface area contributed by atoms with Gasteiger partial charge < -0.3 is 0 Å². The zero-order chi connectivity index (χ0) is 11.5. The standard InChI is InChI=1S/C11H11N3OS/c1-7-2-4-8(5-3-7)11-13-6-9(16-11)10(15)14-12/h2-6H,12H2,1H3,(H,14,15). The van der Waals surface area contributed by atoms with Crippen LogP contribution in [0.15, 0.2) is 30.5 Å². The number of carbonyl (C=O) groups excluding carboxylic acids is 1. The maximum atomic E-state index is 11.2. The molecule has 0 unspecified atom stereocenters. The van der Waals surface area contributed by atoms with Crippen LogP contribution in [0.3, 0.4) is 0 Å². The maximum absolute atomic E-state index is 11.2. The van der Waals surface area contributed by atoms with Crippen LogP contribution in [-0.4, -0.2) is 10.9 Å². The summed E-state index contributed by atoms with van der Waals surface area (Å²) in [4.78, 5) is 15.9. The van der Waals surface area contributed by atoms with Crippen molar-refractivity contribution in [2.45, 2.75) is 6.92 Å². The minimum absolute atomic E-state index is 0.309. The van der Waals surface area contributed by atoms with E-state index in [0.29, 0.717) is 4.88 Å². The minimum atomic E-state index is -0.309. The third kappa shape index (κ3) is 2.10. The topological polar surface area (TPSA) is 68.0 Å². The van der Waals surface area contributed by atoms with Gasteiger partial charge in [-0.2, -0.15) is 0 Å². The second kappa shape index (κ2) is 4.42. The lowest BCUT2D eigenvalue weighted by Gasteiger charge is -1.96. The fourth-order valence-electron chi connectivity index (χ4n) is 1.28. The molecule has 0 aliphatic carbocycles. The molecule has 0 aliphatic heterocycles. The van der Waals surface area contributed by atoms with E-state index in [0.717, 1.165) is 10.6 Å². The number of thiazole rings is 1. The number of rotatable bonds is 2. The van der Waals surface area contributed by atoms with Crippen LogP contribution in [0.25, 0.3) is 10.6 Å². The van der Waals surface area contributed by atoms with Crippen molar-refractivity contribution < 1.29 is 4.79 Å². The molecule has 4 nitrogen and oxygen atoms in total. The first-order valence-electron chi connectivity index (χ1n) is 4.74. The first-order chi connectivity index (χ1) is 7.70. The van der Waals surface area contributed by atoms with Gasteiger partial charge in [0.1, 0.15) is 9.88 Å². The predicted molar refractivity (Wildman–Crippen MR) is 63.9 cm³/mol. The van der Waals surface area contributed by atoms with Gasteiger partial charge >= 0.3 is 0 Å². The highest BCUT2D eigenvalue weighted by atomic mass is 32.1. The van der Waals surface area contributed by atoms with Crippen LogP contribution in [0, 0.1) is 6.92 Å². The van der Waals surface area contributed by atoms with Crippen LogP contribution < -0.4 is 11.3 Å². The Balaban J connectivity index is 2.31. The van der Waals surface area contributed by atoms with Crippen LogP contribution in [0.1, 0.15) is 15.2 Å². The number of nitrogens with zero attached hydrogens (tertiary/aromatic N) is 1. The number of amides is 1. The lowest BCUT2D eigenvalue weighted by atomic mass is 10.2. The van der Waals surface area contributed by atoms with E-state index in [1.54, 1.807) is 0 Å². The van der Waals surface area contributed by atoms with Crippen LogP contribution in [0.2, 0.25) is 0 Å². The van der Waals surface area contributed by atoms with Gasteiger partial charge in [-0.15, -0.1) is 11.3 Å². The summed E-state index contributed by atoms with van der Waals surface area (Å²) in [6, 6.07) is 8.00. The monoisotopic (exact) mass is 233 g/mol. The molecule has 0 saturated heterocycles. The van der Waals surface area contributed by atoms with Gasteiger partial charge in [-0.05, 0) is 6.92 Å². The Kier molecular flexibility index (Phi) is 2.98. The quantitative estimate of drug-likeness (QED) is 0.471. The average Bonchev–Trinajstić information content (AvgIpc) is 2.78. The highest BCUT2D eigenvalue weighted by Gasteiger charge is 2.09. The van der Waals surface area contributed by atoms with Crippen molar-refractivity contribution in [2.75, 3.05) is 0 Å². The van der Waals surface area contributed by atoms with E-state index in [1.165, 1.54) is 23.1 Å². The first kappa shape index (κ1) is 10.8. The Morgan fingerprint density at radius 3 is 2.69 bits per heavy atom. The van der Waals surface area contributed by atoms with Gasteiger partial charge in [0.05, 0.1) is 6.20 Å². The zero-order valence-electron chi connectivity index (χ0n) is 8.73. The van der Waals surface area contributed by atoms with Gasteiger partial charge in [0, 0.05) is 5.56 Å². The number of nitrogens with one attached hydrogen (secondary N) is 1. The largest absolute Gasteiger partial charge is 0.289 e. The van der Waals surface area contributed by atoms with Gasteiger partial charge in [0.2, 0.25) is 0 Å². The molecule has 0 radical (unpaired) electrons. The molecule has 16 heavy (non-hydrogen) atoms. The number of nitrogen functional groups attached to an aromatic ring is 1. The number of hydrazine groups is 1. The zero-order valence-corrected chi connectivity index (χ0v) is 9.54. The summed E-state index contributed by atoms with van der Waals surface area (Å²) < 4.78 is 0. The van der Waals surface area contributed by atoms with Crippen LogP contribution in [-0.2, 0) is 0 Å². The number of nitrogens with two attached hydrogens (primary N) is 1. The van der Waals surface area contributed by atoms with Crippen molar-refractivity contribution in [1.29, 1.82) is 0 Å². The molecule has 0 spiro atoms. The second-order valence-electron chi connectivity index (χ2n) is 3.37. The van der Waals surface area contributed by atoms with Gasteiger partial charge in [-0.1, -0.05) is 29.8 Å². The normalized spacial score (nSPS) is 10.1. The Hall–Kier alpha value is -1.72. The van der Waals surface area contributed by atoms with E-state index in [4.69, 9.17) is 5.84 Å². The second-order valence-corrected chi connectivity index (χ2v) is 4.40. The summed E-state index contributed by atoms with van der Waals surface area (Å²) >= 11 is 1.32. The molecule has 1 aromatic carbocycles. The molecule has 1 aromatic heterocycles. The van der Waals surface area contributed by atoms with Crippen LogP contribution >= 0.6 is 11.3 Å². The summed E-state index contributed by atoms with van der Waals surface area (Å²) in [6.45, 7) is 2.03. The lowest BCUT2D eigenvalue weighted by molar-refractivity contribution is 0.0957. The molecule has 0 fully saturated rings. The summed E-state index contributed by atoms with van der Waals surface area (Å²) in [5.41, 5.74) is 4.29. The Morgan fingerprint density at radius 1 is 1.38 bits per heavy atom. The molecule has 5 heteroatoms. The Morgan fingerprint density at radius 2 is 2.06 bits per heavy atom. The fraction of sp³-hybridized carbons (Fsp3) is 0.0909. The van der Waals surface area contributed by atoms with E-state index < -0.39 is 0 Å². The molecular formula is C11H11N3OS. The number of hydrogen-bond acceptors (Lipinski definition) is 4. The molecule has 1 amide bonds. The summed E-state index contributed by atoms with van der Waals surface area (Å²) in [5.74, 6) is 4.74. The Labute approximate surface area is 97.1 Å². The SMILES string of the molecule is Cc1ccc(-c2ncc(C(=O)NN)s2)cc1. The highest BCUT2D eigenvalue weighted by molar-refractivity contribution is 7.16. The third-order valence-electron chi connectivity index (χ3n) is 2.16. The van der Waals surface area contributed by atoms with Crippen molar-refractivity contribution in [1.82, 2.24) is 10.4 Å². The number of aromatic nitrogens is 1. The molecule has 1 heterocycles. The first-order valence-corrected chi connectivity index (χ1v) is 5.56.